The molecule has 9 heteroatoms. The summed E-state index contributed by atoms with van der Waals surface area (Å²) in [5, 5.41) is 12.3. The first-order valence-electron chi connectivity index (χ1n) is 9.34. The summed E-state index contributed by atoms with van der Waals surface area (Å²) in [6.45, 7) is 7.73. The molecule has 0 rings (SSSR count). The lowest BCUT2D eigenvalue weighted by molar-refractivity contribution is -0.148. The van der Waals surface area contributed by atoms with Gasteiger partial charge in [0.1, 0.15) is 12.1 Å². The van der Waals surface area contributed by atoms with Gasteiger partial charge in [0, 0.05) is 6.42 Å². The van der Waals surface area contributed by atoms with E-state index >= 15 is 0 Å². The zero-order valence-corrected chi connectivity index (χ0v) is 17.8. The number of Topliss-reactive ketones (excluding diaryl/α,β-unsaturated/α-hetero) is 1. The van der Waals surface area contributed by atoms with Crippen molar-refractivity contribution >= 4 is 29.8 Å². The van der Waals surface area contributed by atoms with E-state index < -0.39 is 29.7 Å². The van der Waals surface area contributed by atoms with Gasteiger partial charge < -0.3 is 25.7 Å². The first-order chi connectivity index (χ1) is 12.9. The molecule has 160 valence electrons. The van der Waals surface area contributed by atoms with Crippen LogP contribution in [0.2, 0.25) is 0 Å². The Labute approximate surface area is 167 Å². The number of esters is 1. The van der Waals surface area contributed by atoms with E-state index in [1.807, 2.05) is 20.8 Å². The average molecular weight is 399 g/mol. The monoisotopic (exact) mass is 398 g/mol. The Morgan fingerprint density at radius 3 is 2.18 bits per heavy atom. The van der Waals surface area contributed by atoms with Crippen molar-refractivity contribution in [3.05, 3.63) is 0 Å². The maximum Gasteiger partial charge on any atom is 0.328 e. The van der Waals surface area contributed by atoms with Crippen molar-refractivity contribution in [3.8, 4) is 0 Å². The minimum absolute atomic E-state index is 0.0205. The third kappa shape index (κ3) is 11.4. The molecule has 0 spiro atoms. The molecule has 0 aliphatic carbocycles. The minimum Gasteiger partial charge on any atom is -0.464 e. The lowest BCUT2D eigenvalue weighted by Gasteiger charge is -2.28. The van der Waals surface area contributed by atoms with Crippen LogP contribution in [0.15, 0.2) is 0 Å². The Morgan fingerprint density at radius 1 is 1.11 bits per heavy atom. The van der Waals surface area contributed by atoms with Crippen molar-refractivity contribution < 1.29 is 23.9 Å². The van der Waals surface area contributed by atoms with Gasteiger partial charge in [-0.05, 0) is 39.3 Å². The van der Waals surface area contributed by atoms with Gasteiger partial charge in [-0.2, -0.15) is 0 Å². The van der Waals surface area contributed by atoms with Crippen molar-refractivity contribution in [1.29, 1.82) is 5.41 Å². The molecule has 28 heavy (non-hydrogen) atoms. The Morgan fingerprint density at radius 2 is 1.71 bits per heavy atom. The number of nitrogens with zero attached hydrogens (tertiary/aromatic N) is 1. The van der Waals surface area contributed by atoms with E-state index in [1.54, 1.807) is 25.9 Å². The van der Waals surface area contributed by atoms with Crippen LogP contribution in [-0.4, -0.2) is 74.0 Å². The second kappa shape index (κ2) is 12.2. The molecule has 0 radical (unpaired) electrons. The largest absolute Gasteiger partial charge is 0.464 e. The molecule has 0 aromatic heterocycles. The molecule has 0 aromatic carbocycles. The predicted octanol–water partition coefficient (Wildman–Crippen LogP) is 0.516. The van der Waals surface area contributed by atoms with E-state index in [1.165, 1.54) is 0 Å². The van der Waals surface area contributed by atoms with Crippen molar-refractivity contribution in [2.75, 3.05) is 27.2 Å². The smallest absolute Gasteiger partial charge is 0.328 e. The van der Waals surface area contributed by atoms with Crippen LogP contribution in [0, 0.1) is 10.8 Å². The number of rotatable bonds is 12. The van der Waals surface area contributed by atoms with Gasteiger partial charge in [-0.1, -0.05) is 20.8 Å². The van der Waals surface area contributed by atoms with Crippen LogP contribution in [-0.2, 0) is 23.9 Å². The molecule has 0 saturated heterocycles. The molecule has 9 nitrogen and oxygen atoms in total. The van der Waals surface area contributed by atoms with Gasteiger partial charge in [0.25, 0.3) is 0 Å². The summed E-state index contributed by atoms with van der Waals surface area (Å²) < 4.78 is 4.97. The zero-order valence-electron chi connectivity index (χ0n) is 17.8. The summed E-state index contributed by atoms with van der Waals surface area (Å²) in [7, 11) is 3.49. The lowest BCUT2D eigenvalue weighted by Crippen LogP contribution is -2.54. The van der Waals surface area contributed by atoms with Gasteiger partial charge in [-0.15, -0.1) is 0 Å². The molecule has 0 aromatic rings. The molecule has 0 fully saturated rings. The summed E-state index contributed by atoms with van der Waals surface area (Å²) in [6, 6.07) is -1.85. The highest BCUT2D eigenvalue weighted by atomic mass is 16.5. The van der Waals surface area contributed by atoms with Gasteiger partial charge in [-0.3, -0.25) is 14.4 Å². The number of hydrogen-bond acceptors (Lipinski definition) is 7. The number of amides is 2. The summed E-state index contributed by atoms with van der Waals surface area (Å²) in [6.07, 6.45) is 0.998. The average Bonchev–Trinajstić information content (AvgIpc) is 2.55. The highest BCUT2D eigenvalue weighted by molar-refractivity contribution is 6.26. The Kier molecular flexibility index (Phi) is 11.2. The molecule has 0 heterocycles. The van der Waals surface area contributed by atoms with E-state index in [2.05, 4.69) is 10.6 Å². The molecule has 0 saturated carbocycles. The van der Waals surface area contributed by atoms with Crippen molar-refractivity contribution in [3.63, 3.8) is 0 Å². The van der Waals surface area contributed by atoms with Gasteiger partial charge in [0.2, 0.25) is 11.8 Å². The third-order valence-corrected chi connectivity index (χ3v) is 3.66. The zero-order chi connectivity index (χ0) is 21.9. The molecule has 3 N–H and O–H groups in total. The maximum absolute atomic E-state index is 12.8. The summed E-state index contributed by atoms with van der Waals surface area (Å²) >= 11 is 0. The number of ether oxygens (including phenoxy) is 1. The van der Waals surface area contributed by atoms with Crippen LogP contribution < -0.4 is 10.6 Å². The molecule has 2 amide bonds. The highest BCUT2D eigenvalue weighted by Crippen LogP contribution is 2.21. The molecule has 0 bridgehead atoms. The number of carbonyl (C=O) groups is 4. The number of ketones is 1. The topological polar surface area (TPSA) is 129 Å². The van der Waals surface area contributed by atoms with E-state index in [4.69, 9.17) is 10.1 Å². The number of carbonyl (C=O) groups excluding carboxylic acids is 4. The molecule has 0 aliphatic rings. The van der Waals surface area contributed by atoms with Gasteiger partial charge in [0.15, 0.2) is 5.78 Å². The molecule has 0 aliphatic heterocycles. The summed E-state index contributed by atoms with van der Waals surface area (Å²) in [4.78, 5) is 50.2. The summed E-state index contributed by atoms with van der Waals surface area (Å²) in [5.41, 5.74) is -0.247. The van der Waals surface area contributed by atoms with Gasteiger partial charge >= 0.3 is 5.97 Å². The Hall–Kier alpha value is -2.29. The van der Waals surface area contributed by atoms with Crippen molar-refractivity contribution in [2.45, 2.75) is 59.0 Å². The van der Waals surface area contributed by atoms with Crippen LogP contribution in [0.25, 0.3) is 0 Å². The minimum atomic E-state index is -1.02. The van der Waals surface area contributed by atoms with E-state index in [9.17, 15) is 19.2 Å². The number of hydrogen-bond donors (Lipinski definition) is 3. The van der Waals surface area contributed by atoms with E-state index in [0.29, 0.717) is 12.6 Å². The Balaban J connectivity index is 5.29. The highest BCUT2D eigenvalue weighted by Gasteiger charge is 2.30. The quantitative estimate of drug-likeness (QED) is 0.325. The van der Waals surface area contributed by atoms with Crippen molar-refractivity contribution in [2.24, 2.45) is 5.41 Å². The maximum atomic E-state index is 12.8. The normalized spacial score (nSPS) is 13.4. The van der Waals surface area contributed by atoms with Gasteiger partial charge in [0.05, 0.1) is 19.4 Å². The second-order valence-electron chi connectivity index (χ2n) is 8.09. The van der Waals surface area contributed by atoms with Crippen LogP contribution >= 0.6 is 0 Å². The molecule has 2 atom stereocenters. The van der Waals surface area contributed by atoms with Crippen LogP contribution in [0.4, 0.5) is 0 Å². The fourth-order valence-corrected chi connectivity index (χ4v) is 2.47. The standard InChI is InChI=1S/C19H34N4O5/c1-7-28-18(27)14(9-8-13(24)11-20)22-17(26)15(10-19(2,3)4)21-16(25)12-23(5)6/h11,14-15,20H,7-10,12H2,1-6H3,(H,21,25)(H,22,26)/t14?,15-/m0/s1. The first kappa shape index (κ1) is 25.7. The van der Waals surface area contributed by atoms with E-state index in [-0.39, 0.29) is 37.3 Å². The fraction of sp³-hybridized carbons (Fsp3) is 0.737. The number of nitrogens with one attached hydrogen (secondary N) is 3. The third-order valence-electron chi connectivity index (χ3n) is 3.66. The van der Waals surface area contributed by atoms with Crippen LogP contribution in [0.5, 0.6) is 0 Å². The SMILES string of the molecule is CCOC(=O)C(CCC(=O)C=N)NC(=O)[C@H](CC(C)(C)C)NC(=O)CN(C)C. The summed E-state index contributed by atoms with van der Waals surface area (Å²) in [5.74, 6) is -1.92. The van der Waals surface area contributed by atoms with Gasteiger partial charge in [-0.25, -0.2) is 4.79 Å². The Bertz CT molecular complexity index is 569. The molecular formula is C19H34N4O5. The number of likely N-dealkylation sites (N-methyl/N-ethyl adjacent to an activating group) is 1. The second-order valence-corrected chi connectivity index (χ2v) is 8.09. The van der Waals surface area contributed by atoms with E-state index in [0.717, 1.165) is 0 Å². The fourth-order valence-electron chi connectivity index (χ4n) is 2.47. The van der Waals surface area contributed by atoms with Crippen LogP contribution in [0.3, 0.4) is 0 Å². The first-order valence-corrected chi connectivity index (χ1v) is 9.34. The van der Waals surface area contributed by atoms with Crippen molar-refractivity contribution in [1.82, 2.24) is 15.5 Å². The predicted molar refractivity (Wildman–Crippen MR) is 106 cm³/mol. The lowest BCUT2D eigenvalue weighted by atomic mass is 9.87. The molecular weight excluding hydrogens is 364 g/mol. The van der Waals surface area contributed by atoms with Crippen LogP contribution in [0.1, 0.15) is 47.0 Å². The molecule has 1 unspecified atom stereocenters.